The fourth-order valence-electron chi connectivity index (χ4n) is 1.82. The minimum atomic E-state index is -0.419. The van der Waals surface area contributed by atoms with Crippen LogP contribution in [0.5, 0.6) is 0 Å². The molecule has 0 saturated carbocycles. The van der Waals surface area contributed by atoms with Gasteiger partial charge in [-0.1, -0.05) is 6.08 Å². The summed E-state index contributed by atoms with van der Waals surface area (Å²) in [5.41, 5.74) is 1.54. The quantitative estimate of drug-likeness (QED) is 0.569. The summed E-state index contributed by atoms with van der Waals surface area (Å²) in [6.07, 6.45) is 1.59. The van der Waals surface area contributed by atoms with Gasteiger partial charge in [-0.25, -0.2) is 0 Å². The fraction of sp³-hybridized carbons (Fsp3) is 0.375. The Morgan fingerprint density at radius 3 is 2.33 bits per heavy atom. The Hall–Kier alpha value is -2.30. The summed E-state index contributed by atoms with van der Waals surface area (Å²) in [6.45, 7) is 5.87. The van der Waals surface area contributed by atoms with Crippen LogP contribution < -0.4 is 4.90 Å². The van der Waals surface area contributed by atoms with Gasteiger partial charge < -0.3 is 14.5 Å². The molecule has 0 aliphatic rings. The smallest absolute Gasteiger partial charge is 0.325 e. The van der Waals surface area contributed by atoms with Gasteiger partial charge in [-0.2, -0.15) is 0 Å². The lowest BCUT2D eigenvalue weighted by atomic mass is 10.1. The van der Waals surface area contributed by atoms with E-state index in [1.165, 1.54) is 4.90 Å². The number of nitrogens with zero attached hydrogens (tertiary/aromatic N) is 2. The largest absolute Gasteiger partial charge is 0.465 e. The minimum absolute atomic E-state index is 0.0753. The van der Waals surface area contributed by atoms with Gasteiger partial charge in [0, 0.05) is 31.9 Å². The average molecular weight is 290 g/mol. The third-order valence-corrected chi connectivity index (χ3v) is 2.89. The van der Waals surface area contributed by atoms with Gasteiger partial charge in [0.25, 0.3) is 5.91 Å². The Labute approximate surface area is 125 Å². The maximum absolute atomic E-state index is 12.4. The lowest BCUT2D eigenvalue weighted by Gasteiger charge is -2.20. The van der Waals surface area contributed by atoms with Crippen molar-refractivity contribution in [3.05, 3.63) is 42.5 Å². The van der Waals surface area contributed by atoms with Crippen LogP contribution in [0.25, 0.3) is 0 Å². The van der Waals surface area contributed by atoms with E-state index in [2.05, 4.69) is 6.58 Å². The predicted molar refractivity (Wildman–Crippen MR) is 83.5 cm³/mol. The minimum Gasteiger partial charge on any atom is -0.465 e. The van der Waals surface area contributed by atoms with E-state index < -0.39 is 5.97 Å². The van der Waals surface area contributed by atoms with Crippen molar-refractivity contribution < 1.29 is 14.3 Å². The summed E-state index contributed by atoms with van der Waals surface area (Å²) >= 11 is 0. The topological polar surface area (TPSA) is 49.9 Å². The van der Waals surface area contributed by atoms with E-state index in [0.717, 1.165) is 5.69 Å². The summed E-state index contributed by atoms with van der Waals surface area (Å²) in [5.74, 6) is -0.633. The Kier molecular flexibility index (Phi) is 6.46. The summed E-state index contributed by atoms with van der Waals surface area (Å²) in [4.78, 5) is 27.3. The number of ether oxygens (including phenoxy) is 1. The normalized spacial score (nSPS) is 9.86. The molecule has 1 aromatic carbocycles. The standard InChI is InChI=1S/C16H22N2O3/c1-5-11-18(12-15(19)21-6-2)16(20)13-7-9-14(10-8-13)17(3)4/h5,7-10H,1,6,11-12H2,2-4H3. The molecule has 0 fully saturated rings. The fourth-order valence-corrected chi connectivity index (χ4v) is 1.82. The first-order valence-electron chi connectivity index (χ1n) is 6.82. The molecule has 0 saturated heterocycles. The van der Waals surface area contributed by atoms with E-state index in [1.807, 2.05) is 31.1 Å². The molecule has 114 valence electrons. The molecule has 0 heterocycles. The highest BCUT2D eigenvalue weighted by atomic mass is 16.5. The van der Waals surface area contributed by atoms with E-state index in [1.54, 1.807) is 25.1 Å². The Morgan fingerprint density at radius 1 is 1.24 bits per heavy atom. The number of hydrogen-bond donors (Lipinski definition) is 0. The molecule has 0 N–H and O–H groups in total. The maximum atomic E-state index is 12.4. The summed E-state index contributed by atoms with van der Waals surface area (Å²) in [5, 5.41) is 0. The van der Waals surface area contributed by atoms with E-state index in [9.17, 15) is 9.59 Å². The molecule has 0 atom stereocenters. The molecule has 1 rings (SSSR count). The lowest BCUT2D eigenvalue weighted by molar-refractivity contribution is -0.143. The van der Waals surface area contributed by atoms with Gasteiger partial charge in [0.15, 0.2) is 0 Å². The van der Waals surface area contributed by atoms with Crippen LogP contribution in [0, 0.1) is 0 Å². The van der Waals surface area contributed by atoms with E-state index in [0.29, 0.717) is 18.7 Å². The molecule has 0 bridgehead atoms. The molecular weight excluding hydrogens is 268 g/mol. The molecule has 1 aromatic rings. The number of carbonyl (C=O) groups is 2. The Balaban J connectivity index is 2.84. The highest BCUT2D eigenvalue weighted by Crippen LogP contribution is 2.14. The Morgan fingerprint density at radius 2 is 1.86 bits per heavy atom. The van der Waals surface area contributed by atoms with Crippen molar-refractivity contribution in [2.45, 2.75) is 6.92 Å². The van der Waals surface area contributed by atoms with Crippen molar-refractivity contribution in [2.24, 2.45) is 0 Å². The number of rotatable bonds is 7. The van der Waals surface area contributed by atoms with Crippen LogP contribution >= 0.6 is 0 Å². The van der Waals surface area contributed by atoms with E-state index in [-0.39, 0.29) is 12.5 Å². The SMILES string of the molecule is C=CCN(CC(=O)OCC)C(=O)c1ccc(N(C)C)cc1. The highest BCUT2D eigenvalue weighted by molar-refractivity contribution is 5.96. The molecule has 1 amide bonds. The average Bonchev–Trinajstić information content (AvgIpc) is 2.46. The molecule has 5 nitrogen and oxygen atoms in total. The lowest BCUT2D eigenvalue weighted by Crippen LogP contribution is -2.36. The van der Waals surface area contributed by atoms with Crippen LogP contribution in [-0.4, -0.2) is 50.6 Å². The zero-order valence-corrected chi connectivity index (χ0v) is 12.8. The monoisotopic (exact) mass is 290 g/mol. The van der Waals surface area contributed by atoms with Gasteiger partial charge in [-0.15, -0.1) is 6.58 Å². The number of hydrogen-bond acceptors (Lipinski definition) is 4. The predicted octanol–water partition coefficient (Wildman–Crippen LogP) is 1.94. The van der Waals surface area contributed by atoms with Crippen LogP contribution in [0.4, 0.5) is 5.69 Å². The van der Waals surface area contributed by atoms with Crippen molar-refractivity contribution in [3.63, 3.8) is 0 Å². The second-order valence-corrected chi connectivity index (χ2v) is 4.72. The van der Waals surface area contributed by atoms with Gasteiger partial charge in [-0.3, -0.25) is 9.59 Å². The van der Waals surface area contributed by atoms with Crippen molar-refractivity contribution >= 4 is 17.6 Å². The van der Waals surface area contributed by atoms with Crippen LogP contribution in [0.1, 0.15) is 17.3 Å². The van der Waals surface area contributed by atoms with Gasteiger partial charge >= 0.3 is 5.97 Å². The van der Waals surface area contributed by atoms with Crippen LogP contribution in [0.3, 0.4) is 0 Å². The summed E-state index contributed by atoms with van der Waals surface area (Å²) in [6, 6.07) is 7.23. The molecule has 0 aromatic heterocycles. The zero-order chi connectivity index (χ0) is 15.8. The van der Waals surface area contributed by atoms with Crippen molar-refractivity contribution in [1.82, 2.24) is 4.90 Å². The van der Waals surface area contributed by atoms with Gasteiger partial charge in [0.05, 0.1) is 6.61 Å². The zero-order valence-electron chi connectivity index (χ0n) is 12.8. The van der Waals surface area contributed by atoms with Crippen molar-refractivity contribution in [1.29, 1.82) is 0 Å². The van der Waals surface area contributed by atoms with Gasteiger partial charge in [-0.05, 0) is 31.2 Å². The first-order chi connectivity index (χ1) is 9.99. The third kappa shape index (κ3) is 4.95. The van der Waals surface area contributed by atoms with E-state index in [4.69, 9.17) is 4.74 Å². The van der Waals surface area contributed by atoms with Crippen molar-refractivity contribution in [3.8, 4) is 0 Å². The molecule has 0 spiro atoms. The number of carbonyl (C=O) groups excluding carboxylic acids is 2. The molecule has 0 unspecified atom stereocenters. The molecule has 0 radical (unpaired) electrons. The van der Waals surface area contributed by atoms with Gasteiger partial charge in [0.1, 0.15) is 6.54 Å². The third-order valence-electron chi connectivity index (χ3n) is 2.89. The first-order valence-corrected chi connectivity index (χ1v) is 6.82. The van der Waals surface area contributed by atoms with Crippen molar-refractivity contribution in [2.75, 3.05) is 38.7 Å². The number of benzene rings is 1. The van der Waals surface area contributed by atoms with E-state index >= 15 is 0 Å². The molecular formula is C16H22N2O3. The molecule has 0 aliphatic carbocycles. The summed E-state index contributed by atoms with van der Waals surface area (Å²) in [7, 11) is 3.86. The van der Waals surface area contributed by atoms with Crippen LogP contribution in [0.15, 0.2) is 36.9 Å². The maximum Gasteiger partial charge on any atom is 0.325 e. The highest BCUT2D eigenvalue weighted by Gasteiger charge is 2.18. The first kappa shape index (κ1) is 16.8. The number of amides is 1. The number of anilines is 1. The molecule has 5 heteroatoms. The Bertz CT molecular complexity index is 495. The molecule has 0 aliphatic heterocycles. The number of esters is 1. The summed E-state index contributed by atoms with van der Waals surface area (Å²) < 4.78 is 4.88. The van der Waals surface area contributed by atoms with Crippen LogP contribution in [-0.2, 0) is 9.53 Å². The molecule has 21 heavy (non-hydrogen) atoms. The van der Waals surface area contributed by atoms with Gasteiger partial charge in [0.2, 0.25) is 0 Å². The van der Waals surface area contributed by atoms with Crippen LogP contribution in [0.2, 0.25) is 0 Å². The second kappa shape index (κ2) is 8.09. The second-order valence-electron chi connectivity index (χ2n) is 4.72.